The second-order valence-corrected chi connectivity index (χ2v) is 6.41. The highest BCUT2D eigenvalue weighted by molar-refractivity contribution is 6.31. The first-order valence-electron chi connectivity index (χ1n) is 7.92. The number of carbonyl (C=O) groups excluding carboxylic acids is 1. The van der Waals surface area contributed by atoms with Crippen molar-refractivity contribution in [3.8, 4) is 0 Å². The molecular formula is C18H14ClN5O2. The lowest BCUT2D eigenvalue weighted by Crippen LogP contribution is -2.29. The molecule has 0 bridgehead atoms. The molecule has 2 aromatic heterocycles. The van der Waals surface area contributed by atoms with Crippen LogP contribution in [0.25, 0.3) is 16.6 Å². The van der Waals surface area contributed by atoms with Crippen LogP contribution in [0, 0.1) is 6.92 Å². The van der Waals surface area contributed by atoms with E-state index in [0.717, 1.165) is 5.56 Å². The summed E-state index contributed by atoms with van der Waals surface area (Å²) in [5, 5.41) is 11.6. The van der Waals surface area contributed by atoms with Crippen LogP contribution in [0.4, 0.5) is 5.69 Å². The molecule has 4 rings (SSSR count). The molecule has 0 saturated carbocycles. The highest BCUT2D eigenvalue weighted by Gasteiger charge is 2.15. The Hall–Kier alpha value is -3.19. The van der Waals surface area contributed by atoms with E-state index in [1.54, 1.807) is 18.2 Å². The molecule has 1 amide bonds. The molecule has 0 saturated heterocycles. The fourth-order valence-electron chi connectivity index (χ4n) is 2.83. The van der Waals surface area contributed by atoms with Gasteiger partial charge in [-0.25, -0.2) is 0 Å². The van der Waals surface area contributed by atoms with Gasteiger partial charge in [0.25, 0.3) is 5.56 Å². The van der Waals surface area contributed by atoms with Crippen molar-refractivity contribution in [1.29, 1.82) is 0 Å². The number of nitrogens with one attached hydrogen (secondary N) is 1. The number of halogens is 1. The van der Waals surface area contributed by atoms with Crippen molar-refractivity contribution in [2.45, 2.75) is 13.5 Å². The van der Waals surface area contributed by atoms with E-state index in [4.69, 9.17) is 11.6 Å². The predicted octanol–water partition coefficient (Wildman–Crippen LogP) is 2.64. The zero-order valence-electron chi connectivity index (χ0n) is 13.8. The number of hydrogen-bond acceptors (Lipinski definition) is 4. The smallest absolute Gasteiger partial charge is 0.262 e. The van der Waals surface area contributed by atoms with Crippen LogP contribution in [-0.2, 0) is 11.3 Å². The zero-order chi connectivity index (χ0) is 18.3. The molecule has 2 heterocycles. The number of aromatic nitrogens is 4. The van der Waals surface area contributed by atoms with Crippen LogP contribution in [0.3, 0.4) is 0 Å². The van der Waals surface area contributed by atoms with Crippen molar-refractivity contribution in [2.75, 3.05) is 5.32 Å². The number of nitrogens with zero attached hydrogens (tertiary/aromatic N) is 4. The molecule has 0 radical (unpaired) electrons. The first kappa shape index (κ1) is 16.3. The predicted molar refractivity (Wildman–Crippen MR) is 99.6 cm³/mol. The summed E-state index contributed by atoms with van der Waals surface area (Å²) in [7, 11) is 0. The number of rotatable bonds is 3. The van der Waals surface area contributed by atoms with Gasteiger partial charge in [0.2, 0.25) is 5.91 Å². The number of aryl methyl sites for hydroxylation is 1. The molecular weight excluding hydrogens is 354 g/mol. The minimum absolute atomic E-state index is 0.151. The van der Waals surface area contributed by atoms with Crippen molar-refractivity contribution in [3.05, 3.63) is 69.6 Å². The van der Waals surface area contributed by atoms with E-state index < -0.39 is 0 Å². The average Bonchev–Trinajstić information content (AvgIpc) is 3.10. The highest BCUT2D eigenvalue weighted by atomic mass is 35.5. The molecule has 2 aromatic carbocycles. The van der Waals surface area contributed by atoms with Crippen LogP contribution in [0.15, 0.2) is 53.5 Å². The number of fused-ring (bicyclic) bond motifs is 3. The SMILES string of the molecule is Cc1ccc(NC(=O)Cn2c(=O)c3ccc(Cl)cc3n3nncc23)cc1. The van der Waals surface area contributed by atoms with Crippen molar-refractivity contribution < 1.29 is 4.79 Å². The summed E-state index contributed by atoms with van der Waals surface area (Å²) < 4.78 is 2.85. The second-order valence-electron chi connectivity index (χ2n) is 5.97. The summed E-state index contributed by atoms with van der Waals surface area (Å²) in [5.74, 6) is -0.313. The van der Waals surface area contributed by atoms with Gasteiger partial charge in [-0.3, -0.25) is 14.2 Å². The molecule has 8 heteroatoms. The summed E-state index contributed by atoms with van der Waals surface area (Å²) in [6, 6.07) is 12.3. The third kappa shape index (κ3) is 2.82. The molecule has 0 fully saturated rings. The third-order valence-electron chi connectivity index (χ3n) is 4.11. The topological polar surface area (TPSA) is 81.3 Å². The van der Waals surface area contributed by atoms with Crippen LogP contribution in [0.5, 0.6) is 0 Å². The monoisotopic (exact) mass is 367 g/mol. The summed E-state index contributed by atoms with van der Waals surface area (Å²) in [5.41, 5.74) is 2.43. The van der Waals surface area contributed by atoms with E-state index in [9.17, 15) is 9.59 Å². The molecule has 130 valence electrons. The number of hydrogen-bond donors (Lipinski definition) is 1. The summed E-state index contributed by atoms with van der Waals surface area (Å²) >= 11 is 6.03. The van der Waals surface area contributed by atoms with E-state index in [1.165, 1.54) is 15.3 Å². The quantitative estimate of drug-likeness (QED) is 0.603. The Morgan fingerprint density at radius 3 is 2.73 bits per heavy atom. The molecule has 0 unspecified atom stereocenters. The molecule has 26 heavy (non-hydrogen) atoms. The zero-order valence-corrected chi connectivity index (χ0v) is 14.6. The van der Waals surface area contributed by atoms with Crippen molar-refractivity contribution in [1.82, 2.24) is 19.4 Å². The second kappa shape index (κ2) is 6.27. The van der Waals surface area contributed by atoms with Gasteiger partial charge in [0.05, 0.1) is 17.1 Å². The fourth-order valence-corrected chi connectivity index (χ4v) is 3.00. The number of anilines is 1. The maximum absolute atomic E-state index is 12.9. The van der Waals surface area contributed by atoms with Gasteiger partial charge in [0.1, 0.15) is 6.54 Å². The maximum Gasteiger partial charge on any atom is 0.262 e. The highest BCUT2D eigenvalue weighted by Crippen LogP contribution is 2.18. The molecule has 0 aliphatic carbocycles. The maximum atomic E-state index is 12.9. The van der Waals surface area contributed by atoms with E-state index >= 15 is 0 Å². The minimum atomic E-state index is -0.313. The molecule has 7 nitrogen and oxygen atoms in total. The van der Waals surface area contributed by atoms with Gasteiger partial charge < -0.3 is 5.32 Å². The van der Waals surface area contributed by atoms with E-state index in [-0.39, 0.29) is 18.0 Å². The van der Waals surface area contributed by atoms with Crippen molar-refractivity contribution >= 4 is 39.7 Å². The fraction of sp³-hybridized carbons (Fsp3) is 0.111. The van der Waals surface area contributed by atoms with Gasteiger partial charge in [0.15, 0.2) is 5.65 Å². The Labute approximate surface area is 152 Å². The largest absolute Gasteiger partial charge is 0.325 e. The van der Waals surface area contributed by atoms with Gasteiger partial charge in [-0.05, 0) is 37.3 Å². The van der Waals surface area contributed by atoms with Gasteiger partial charge in [-0.2, -0.15) is 4.52 Å². The number of amides is 1. The molecule has 0 atom stereocenters. The lowest BCUT2D eigenvalue weighted by molar-refractivity contribution is -0.116. The van der Waals surface area contributed by atoms with Crippen LogP contribution in [0.2, 0.25) is 5.02 Å². The molecule has 0 aliphatic heterocycles. The Balaban J connectivity index is 1.75. The van der Waals surface area contributed by atoms with Gasteiger partial charge in [0, 0.05) is 10.7 Å². The molecule has 4 aromatic rings. The van der Waals surface area contributed by atoms with Crippen LogP contribution < -0.4 is 10.9 Å². The molecule has 0 aliphatic rings. The normalized spacial score (nSPS) is 11.2. The lowest BCUT2D eigenvalue weighted by atomic mass is 10.2. The number of benzene rings is 2. The number of carbonyl (C=O) groups is 1. The van der Waals surface area contributed by atoms with Crippen molar-refractivity contribution in [2.24, 2.45) is 0 Å². The molecule has 1 N–H and O–H groups in total. The van der Waals surface area contributed by atoms with Gasteiger partial charge >= 0.3 is 0 Å². The van der Waals surface area contributed by atoms with E-state index in [0.29, 0.717) is 27.3 Å². The standard InChI is InChI=1S/C18H14ClN5O2/c1-11-2-5-13(6-3-11)21-16(25)10-23-17-9-20-22-24(17)15-8-12(19)4-7-14(15)18(23)26/h2-9H,10H2,1H3,(H,21,25). The van der Waals surface area contributed by atoms with Crippen LogP contribution >= 0.6 is 11.6 Å². The first-order valence-corrected chi connectivity index (χ1v) is 8.30. The van der Waals surface area contributed by atoms with Gasteiger partial charge in [-0.1, -0.05) is 34.5 Å². The third-order valence-corrected chi connectivity index (χ3v) is 4.34. The van der Waals surface area contributed by atoms with Gasteiger partial charge in [-0.15, -0.1) is 5.10 Å². The summed E-state index contributed by atoms with van der Waals surface area (Å²) in [6.45, 7) is 1.82. The molecule has 0 spiro atoms. The van der Waals surface area contributed by atoms with Crippen LogP contribution in [0.1, 0.15) is 5.56 Å². The summed E-state index contributed by atoms with van der Waals surface area (Å²) in [6.07, 6.45) is 1.45. The van der Waals surface area contributed by atoms with E-state index in [2.05, 4.69) is 15.6 Å². The average molecular weight is 368 g/mol. The first-order chi connectivity index (χ1) is 12.5. The Morgan fingerprint density at radius 2 is 1.96 bits per heavy atom. The van der Waals surface area contributed by atoms with E-state index in [1.807, 2.05) is 31.2 Å². The Morgan fingerprint density at radius 1 is 1.19 bits per heavy atom. The van der Waals surface area contributed by atoms with Crippen LogP contribution in [-0.4, -0.2) is 25.3 Å². The Kier molecular flexibility index (Phi) is 3.93. The van der Waals surface area contributed by atoms with Crippen molar-refractivity contribution in [3.63, 3.8) is 0 Å². The minimum Gasteiger partial charge on any atom is -0.325 e. The lowest BCUT2D eigenvalue weighted by Gasteiger charge is -2.11. The Bertz CT molecular complexity index is 1190. The summed E-state index contributed by atoms with van der Waals surface area (Å²) in [4.78, 5) is 25.3.